The summed E-state index contributed by atoms with van der Waals surface area (Å²) in [5.74, 6) is -0.278. The van der Waals surface area contributed by atoms with Crippen molar-refractivity contribution < 1.29 is 4.79 Å². The molecule has 1 aromatic rings. The number of rotatable bonds is 6. The van der Waals surface area contributed by atoms with Crippen molar-refractivity contribution in [1.29, 1.82) is 0 Å². The highest BCUT2D eigenvalue weighted by atomic mass is 32.1. The first-order valence-corrected chi connectivity index (χ1v) is 7.03. The van der Waals surface area contributed by atoms with E-state index in [1.54, 1.807) is 0 Å². The molecule has 2 rings (SSSR count). The third-order valence-corrected chi connectivity index (χ3v) is 4.14. The summed E-state index contributed by atoms with van der Waals surface area (Å²) < 4.78 is 0. The van der Waals surface area contributed by atoms with Crippen LogP contribution in [0.1, 0.15) is 30.7 Å². The van der Waals surface area contributed by atoms with Gasteiger partial charge in [0, 0.05) is 13.1 Å². The molecule has 1 amide bonds. The number of carbonyl (C=O) groups is 1. The standard InChI is InChI=1S/C11H19N5OS/c1-13-11-15-14-10(18-11)7-16(6-9(12)17)8-4-2-3-5-8/h8H,2-7H2,1H3,(H2,12,17)(H,13,15). The summed E-state index contributed by atoms with van der Waals surface area (Å²) >= 11 is 1.52. The number of anilines is 1. The van der Waals surface area contributed by atoms with Gasteiger partial charge in [-0.1, -0.05) is 24.2 Å². The lowest BCUT2D eigenvalue weighted by molar-refractivity contribution is -0.119. The van der Waals surface area contributed by atoms with Gasteiger partial charge in [0.05, 0.1) is 13.1 Å². The summed E-state index contributed by atoms with van der Waals surface area (Å²) in [5.41, 5.74) is 5.32. The quantitative estimate of drug-likeness (QED) is 0.798. The van der Waals surface area contributed by atoms with E-state index in [-0.39, 0.29) is 5.91 Å². The number of nitrogens with one attached hydrogen (secondary N) is 1. The summed E-state index contributed by atoms with van der Waals surface area (Å²) in [6.45, 7) is 0.964. The maximum atomic E-state index is 11.2. The van der Waals surface area contributed by atoms with Crippen molar-refractivity contribution in [2.24, 2.45) is 5.73 Å². The van der Waals surface area contributed by atoms with Crippen molar-refractivity contribution >= 4 is 22.4 Å². The van der Waals surface area contributed by atoms with Crippen molar-refractivity contribution in [3.8, 4) is 0 Å². The molecule has 0 unspecified atom stereocenters. The van der Waals surface area contributed by atoms with Gasteiger partial charge < -0.3 is 11.1 Å². The predicted octanol–water partition coefficient (Wildman–Crippen LogP) is 0.810. The second-order valence-corrected chi connectivity index (χ2v) is 5.62. The Morgan fingerprint density at radius 2 is 2.22 bits per heavy atom. The second-order valence-electron chi connectivity index (χ2n) is 4.56. The first-order chi connectivity index (χ1) is 8.69. The van der Waals surface area contributed by atoms with Gasteiger partial charge in [0.1, 0.15) is 5.01 Å². The maximum absolute atomic E-state index is 11.2. The van der Waals surface area contributed by atoms with E-state index in [0.29, 0.717) is 19.1 Å². The normalized spacial score (nSPS) is 16.3. The molecule has 1 heterocycles. The fraction of sp³-hybridized carbons (Fsp3) is 0.727. The van der Waals surface area contributed by atoms with Crippen LogP contribution in [-0.4, -0.2) is 40.6 Å². The summed E-state index contributed by atoms with van der Waals surface area (Å²) in [5, 5.41) is 12.8. The molecule has 1 aliphatic rings. The molecule has 0 aromatic carbocycles. The summed E-state index contributed by atoms with van der Waals surface area (Å²) in [4.78, 5) is 13.3. The summed E-state index contributed by atoms with van der Waals surface area (Å²) in [7, 11) is 1.82. The van der Waals surface area contributed by atoms with Crippen molar-refractivity contribution in [3.63, 3.8) is 0 Å². The number of carbonyl (C=O) groups excluding carboxylic acids is 1. The Bertz CT molecular complexity index is 402. The molecule has 0 bridgehead atoms. The minimum Gasteiger partial charge on any atom is -0.369 e. The highest BCUT2D eigenvalue weighted by molar-refractivity contribution is 7.15. The van der Waals surface area contributed by atoms with Gasteiger partial charge in [-0.25, -0.2) is 0 Å². The van der Waals surface area contributed by atoms with E-state index < -0.39 is 0 Å². The minimum atomic E-state index is -0.278. The van der Waals surface area contributed by atoms with Gasteiger partial charge >= 0.3 is 0 Å². The third kappa shape index (κ3) is 3.39. The van der Waals surface area contributed by atoms with Gasteiger partial charge in [0.15, 0.2) is 0 Å². The van der Waals surface area contributed by atoms with E-state index in [4.69, 9.17) is 5.73 Å². The van der Waals surface area contributed by atoms with Gasteiger partial charge in [-0.2, -0.15) is 0 Å². The van der Waals surface area contributed by atoms with Crippen LogP contribution in [-0.2, 0) is 11.3 Å². The summed E-state index contributed by atoms with van der Waals surface area (Å²) in [6.07, 6.45) is 4.76. The number of primary amides is 1. The Hall–Kier alpha value is -1.21. The predicted molar refractivity (Wildman–Crippen MR) is 71.3 cm³/mol. The Morgan fingerprint density at radius 1 is 1.50 bits per heavy atom. The zero-order chi connectivity index (χ0) is 13.0. The van der Waals surface area contributed by atoms with Crippen molar-refractivity contribution in [2.75, 3.05) is 18.9 Å². The molecule has 0 aliphatic heterocycles. The molecule has 6 nitrogen and oxygen atoms in total. The Labute approximate surface area is 111 Å². The number of aromatic nitrogens is 2. The van der Waals surface area contributed by atoms with E-state index in [2.05, 4.69) is 20.4 Å². The van der Waals surface area contributed by atoms with Crippen LogP contribution in [0.4, 0.5) is 5.13 Å². The molecule has 1 aliphatic carbocycles. The number of hydrogen-bond acceptors (Lipinski definition) is 6. The lowest BCUT2D eigenvalue weighted by Gasteiger charge is -2.26. The molecule has 3 N–H and O–H groups in total. The van der Waals surface area contributed by atoms with E-state index in [0.717, 1.165) is 23.0 Å². The molecule has 1 aromatic heterocycles. The zero-order valence-corrected chi connectivity index (χ0v) is 11.4. The molecule has 7 heteroatoms. The van der Waals surface area contributed by atoms with Crippen molar-refractivity contribution in [3.05, 3.63) is 5.01 Å². The van der Waals surface area contributed by atoms with Gasteiger partial charge in [-0.3, -0.25) is 9.69 Å². The molecule has 0 atom stereocenters. The molecular weight excluding hydrogens is 250 g/mol. The van der Waals surface area contributed by atoms with Crippen molar-refractivity contribution in [1.82, 2.24) is 15.1 Å². The van der Waals surface area contributed by atoms with E-state index in [1.165, 1.54) is 24.2 Å². The monoisotopic (exact) mass is 269 g/mol. The summed E-state index contributed by atoms with van der Waals surface area (Å²) in [6, 6.07) is 0.458. The Morgan fingerprint density at radius 3 is 2.78 bits per heavy atom. The Balaban J connectivity index is 2.01. The lowest BCUT2D eigenvalue weighted by Crippen LogP contribution is -2.39. The van der Waals surface area contributed by atoms with E-state index in [9.17, 15) is 4.79 Å². The second kappa shape index (κ2) is 6.10. The lowest BCUT2D eigenvalue weighted by atomic mass is 10.2. The van der Waals surface area contributed by atoms with Crippen molar-refractivity contribution in [2.45, 2.75) is 38.3 Å². The molecular formula is C11H19N5OS. The van der Waals surface area contributed by atoms with E-state index >= 15 is 0 Å². The van der Waals surface area contributed by atoms with Gasteiger partial charge in [-0.05, 0) is 12.8 Å². The third-order valence-electron chi connectivity index (χ3n) is 3.22. The minimum absolute atomic E-state index is 0.278. The number of nitrogens with two attached hydrogens (primary N) is 1. The molecule has 1 saturated carbocycles. The van der Waals surface area contributed by atoms with E-state index in [1.807, 2.05) is 7.05 Å². The highest BCUT2D eigenvalue weighted by Crippen LogP contribution is 2.25. The average Bonchev–Trinajstić information content (AvgIpc) is 2.98. The fourth-order valence-electron chi connectivity index (χ4n) is 2.38. The molecule has 1 fully saturated rings. The molecule has 18 heavy (non-hydrogen) atoms. The van der Waals surface area contributed by atoms with Crippen LogP contribution in [0.15, 0.2) is 0 Å². The zero-order valence-electron chi connectivity index (χ0n) is 10.6. The molecule has 0 spiro atoms. The topological polar surface area (TPSA) is 84.1 Å². The number of amides is 1. The van der Waals surface area contributed by atoms with Crippen LogP contribution in [0.2, 0.25) is 0 Å². The Kier molecular flexibility index (Phi) is 4.48. The largest absolute Gasteiger partial charge is 0.369 e. The maximum Gasteiger partial charge on any atom is 0.231 e. The molecule has 100 valence electrons. The van der Waals surface area contributed by atoms with Gasteiger partial charge in [0.25, 0.3) is 0 Å². The number of hydrogen-bond donors (Lipinski definition) is 2. The van der Waals surface area contributed by atoms with Crippen LogP contribution in [0, 0.1) is 0 Å². The first kappa shape index (κ1) is 13.2. The average molecular weight is 269 g/mol. The van der Waals surface area contributed by atoms with Crippen LogP contribution < -0.4 is 11.1 Å². The van der Waals surface area contributed by atoms with Gasteiger partial charge in [-0.15, -0.1) is 10.2 Å². The smallest absolute Gasteiger partial charge is 0.231 e. The van der Waals surface area contributed by atoms with Crippen LogP contribution in [0.3, 0.4) is 0 Å². The first-order valence-electron chi connectivity index (χ1n) is 6.21. The number of nitrogens with zero attached hydrogens (tertiary/aromatic N) is 3. The van der Waals surface area contributed by atoms with Crippen LogP contribution in [0.5, 0.6) is 0 Å². The van der Waals surface area contributed by atoms with Gasteiger partial charge in [0.2, 0.25) is 11.0 Å². The SMILES string of the molecule is CNc1nnc(CN(CC(N)=O)C2CCCC2)s1. The van der Waals surface area contributed by atoms with Crippen LogP contribution >= 0.6 is 11.3 Å². The molecule has 0 radical (unpaired) electrons. The van der Waals surface area contributed by atoms with Crippen LogP contribution in [0.25, 0.3) is 0 Å². The fourth-order valence-corrected chi connectivity index (χ4v) is 3.09. The molecule has 0 saturated heterocycles. The highest BCUT2D eigenvalue weighted by Gasteiger charge is 2.24.